The van der Waals surface area contributed by atoms with Gasteiger partial charge in [-0.25, -0.2) is 4.98 Å². The van der Waals surface area contributed by atoms with E-state index in [0.29, 0.717) is 11.5 Å². The third kappa shape index (κ3) is 9.69. The van der Waals surface area contributed by atoms with Crippen LogP contribution in [-0.2, 0) is 4.79 Å². The standard InChI is InChI=1S/C29H39N3OS2/c1-3-4-5-6-7-8-9-10-11-12-13-14-27(33)32-29(34)30-24-18-16-23(17-19-24)28-31-25-20-15-22(2)21-26(25)35-28/h15-21H,3-14H2,1-2H3,(H2,30,32,33,34). The maximum Gasteiger partial charge on any atom is 0.226 e. The quantitative estimate of drug-likeness (QED) is 0.168. The highest BCUT2D eigenvalue weighted by atomic mass is 32.1. The minimum absolute atomic E-state index is 0.0141. The van der Waals surface area contributed by atoms with Crippen molar-refractivity contribution < 1.29 is 4.79 Å². The number of rotatable bonds is 14. The molecule has 1 heterocycles. The molecule has 1 aromatic heterocycles. The lowest BCUT2D eigenvalue weighted by atomic mass is 10.1. The molecule has 0 bridgehead atoms. The van der Waals surface area contributed by atoms with E-state index in [1.165, 1.54) is 68.1 Å². The van der Waals surface area contributed by atoms with Gasteiger partial charge in [-0.1, -0.05) is 77.2 Å². The number of carbonyl (C=O) groups is 1. The van der Waals surface area contributed by atoms with Crippen molar-refractivity contribution in [3.63, 3.8) is 0 Å². The zero-order valence-electron chi connectivity index (χ0n) is 21.2. The van der Waals surface area contributed by atoms with Crippen molar-refractivity contribution in [3.05, 3.63) is 48.0 Å². The van der Waals surface area contributed by atoms with Crippen LogP contribution in [0.1, 0.15) is 89.5 Å². The minimum atomic E-state index is -0.0141. The third-order valence-electron chi connectivity index (χ3n) is 6.19. The summed E-state index contributed by atoms with van der Waals surface area (Å²) in [5.41, 5.74) is 4.19. The molecule has 2 aromatic carbocycles. The normalized spacial score (nSPS) is 11.0. The number of thiazole rings is 1. The van der Waals surface area contributed by atoms with Gasteiger partial charge >= 0.3 is 0 Å². The molecule has 0 spiro atoms. The van der Waals surface area contributed by atoms with E-state index in [2.05, 4.69) is 42.7 Å². The Morgan fingerprint density at radius 3 is 2.17 bits per heavy atom. The number of unbranched alkanes of at least 4 members (excludes halogenated alkanes) is 10. The second-order valence-electron chi connectivity index (χ2n) is 9.36. The van der Waals surface area contributed by atoms with Crippen molar-refractivity contribution in [2.45, 2.75) is 90.9 Å². The maximum atomic E-state index is 12.2. The molecule has 6 heteroatoms. The van der Waals surface area contributed by atoms with Crippen LogP contribution in [0, 0.1) is 6.92 Å². The van der Waals surface area contributed by atoms with E-state index in [-0.39, 0.29) is 5.91 Å². The fourth-order valence-corrected chi connectivity index (χ4v) is 5.45. The van der Waals surface area contributed by atoms with E-state index in [9.17, 15) is 4.79 Å². The largest absolute Gasteiger partial charge is 0.332 e. The molecule has 3 aromatic rings. The van der Waals surface area contributed by atoms with E-state index in [1.807, 2.05) is 24.3 Å². The van der Waals surface area contributed by atoms with E-state index in [1.54, 1.807) is 11.3 Å². The topological polar surface area (TPSA) is 54.0 Å². The van der Waals surface area contributed by atoms with Crippen molar-refractivity contribution in [2.24, 2.45) is 0 Å². The second kappa shape index (κ2) is 14.9. The molecule has 0 aliphatic heterocycles. The number of benzene rings is 2. The van der Waals surface area contributed by atoms with Crippen LogP contribution >= 0.6 is 23.6 Å². The van der Waals surface area contributed by atoms with Gasteiger partial charge in [-0.2, -0.15) is 0 Å². The molecule has 0 radical (unpaired) electrons. The average Bonchev–Trinajstić information content (AvgIpc) is 3.26. The highest BCUT2D eigenvalue weighted by Gasteiger charge is 2.08. The Morgan fingerprint density at radius 1 is 0.886 bits per heavy atom. The molecule has 0 atom stereocenters. The first-order chi connectivity index (χ1) is 17.0. The van der Waals surface area contributed by atoms with Gasteiger partial charge < -0.3 is 10.6 Å². The van der Waals surface area contributed by atoms with E-state index in [0.717, 1.165) is 34.6 Å². The molecule has 188 valence electrons. The monoisotopic (exact) mass is 509 g/mol. The van der Waals surface area contributed by atoms with Crippen LogP contribution < -0.4 is 10.6 Å². The summed E-state index contributed by atoms with van der Waals surface area (Å²) >= 11 is 7.02. The van der Waals surface area contributed by atoms with Gasteiger partial charge in [0.25, 0.3) is 0 Å². The molecule has 0 unspecified atom stereocenters. The molecule has 1 amide bonds. The molecule has 0 aliphatic rings. The molecule has 0 saturated carbocycles. The first kappa shape index (κ1) is 27.3. The summed E-state index contributed by atoms with van der Waals surface area (Å²) in [7, 11) is 0. The summed E-state index contributed by atoms with van der Waals surface area (Å²) < 4.78 is 1.20. The number of amides is 1. The van der Waals surface area contributed by atoms with Crippen LogP contribution in [0.4, 0.5) is 5.69 Å². The Kier molecular flexibility index (Phi) is 11.6. The van der Waals surface area contributed by atoms with Crippen molar-refractivity contribution in [1.29, 1.82) is 0 Å². The van der Waals surface area contributed by atoms with E-state index >= 15 is 0 Å². The highest BCUT2D eigenvalue weighted by molar-refractivity contribution is 7.80. The van der Waals surface area contributed by atoms with Gasteiger partial charge in [0.05, 0.1) is 10.2 Å². The van der Waals surface area contributed by atoms with Crippen LogP contribution in [0.2, 0.25) is 0 Å². The lowest BCUT2D eigenvalue weighted by Crippen LogP contribution is -2.33. The predicted octanol–water partition coefficient (Wildman–Crippen LogP) is 8.79. The Balaban J connectivity index is 1.30. The van der Waals surface area contributed by atoms with Crippen molar-refractivity contribution in [3.8, 4) is 10.6 Å². The number of nitrogens with zero attached hydrogens (tertiary/aromatic N) is 1. The number of thiocarbonyl (C=S) groups is 1. The van der Waals surface area contributed by atoms with Crippen LogP contribution in [-0.4, -0.2) is 16.0 Å². The predicted molar refractivity (Wildman–Crippen MR) is 155 cm³/mol. The van der Waals surface area contributed by atoms with Crippen molar-refractivity contribution >= 4 is 50.5 Å². The molecule has 0 aliphatic carbocycles. The average molecular weight is 510 g/mol. The summed E-state index contributed by atoms with van der Waals surface area (Å²) in [5, 5.41) is 7.26. The van der Waals surface area contributed by atoms with Gasteiger partial charge in [0.1, 0.15) is 5.01 Å². The van der Waals surface area contributed by atoms with Crippen LogP contribution in [0.5, 0.6) is 0 Å². The van der Waals surface area contributed by atoms with Crippen molar-refractivity contribution in [2.75, 3.05) is 5.32 Å². The molecular formula is C29H39N3OS2. The first-order valence-electron chi connectivity index (χ1n) is 13.1. The summed E-state index contributed by atoms with van der Waals surface area (Å²) in [6.07, 6.45) is 14.5. The summed E-state index contributed by atoms with van der Waals surface area (Å²) in [6, 6.07) is 14.3. The highest BCUT2D eigenvalue weighted by Crippen LogP contribution is 2.31. The maximum absolute atomic E-state index is 12.2. The Hall–Kier alpha value is -2.31. The van der Waals surface area contributed by atoms with Crippen LogP contribution in [0.15, 0.2) is 42.5 Å². The summed E-state index contributed by atoms with van der Waals surface area (Å²) in [6.45, 7) is 4.36. The number of hydrogen-bond donors (Lipinski definition) is 2. The molecule has 0 fully saturated rings. The number of aromatic nitrogens is 1. The Labute approximate surface area is 219 Å². The summed E-state index contributed by atoms with van der Waals surface area (Å²) in [4.78, 5) is 16.9. The first-order valence-corrected chi connectivity index (χ1v) is 14.4. The lowest BCUT2D eigenvalue weighted by Gasteiger charge is -2.10. The number of aryl methyl sites for hydroxylation is 1. The van der Waals surface area contributed by atoms with Gasteiger partial charge in [-0.05, 0) is 67.5 Å². The van der Waals surface area contributed by atoms with Crippen LogP contribution in [0.25, 0.3) is 20.8 Å². The third-order valence-corrected chi connectivity index (χ3v) is 7.47. The van der Waals surface area contributed by atoms with E-state index in [4.69, 9.17) is 17.2 Å². The van der Waals surface area contributed by atoms with Gasteiger partial charge in [-0.3, -0.25) is 4.79 Å². The number of nitrogens with one attached hydrogen (secondary N) is 2. The molecular weight excluding hydrogens is 470 g/mol. The molecule has 2 N–H and O–H groups in total. The number of fused-ring (bicyclic) bond motifs is 1. The van der Waals surface area contributed by atoms with E-state index < -0.39 is 0 Å². The zero-order valence-corrected chi connectivity index (χ0v) is 22.8. The van der Waals surface area contributed by atoms with Gasteiger partial charge in [-0.15, -0.1) is 11.3 Å². The number of anilines is 1. The molecule has 0 saturated heterocycles. The van der Waals surface area contributed by atoms with Crippen molar-refractivity contribution in [1.82, 2.24) is 10.3 Å². The number of carbonyl (C=O) groups excluding carboxylic acids is 1. The summed E-state index contributed by atoms with van der Waals surface area (Å²) in [5.74, 6) is -0.0141. The SMILES string of the molecule is CCCCCCCCCCCCCC(=O)NC(=S)Nc1ccc(-c2nc3ccc(C)cc3s2)cc1. The number of hydrogen-bond acceptors (Lipinski definition) is 4. The zero-order chi connectivity index (χ0) is 24.9. The molecule has 35 heavy (non-hydrogen) atoms. The lowest BCUT2D eigenvalue weighted by molar-refractivity contribution is -0.119. The Morgan fingerprint density at radius 2 is 1.51 bits per heavy atom. The van der Waals surface area contributed by atoms with Gasteiger partial charge in [0.2, 0.25) is 5.91 Å². The minimum Gasteiger partial charge on any atom is -0.332 e. The van der Waals surface area contributed by atoms with Crippen LogP contribution in [0.3, 0.4) is 0 Å². The Bertz CT molecular complexity index is 1080. The fraction of sp³-hybridized carbons (Fsp3) is 0.483. The molecule has 4 nitrogen and oxygen atoms in total. The fourth-order valence-electron chi connectivity index (χ4n) is 4.15. The van der Waals surface area contributed by atoms with Gasteiger partial charge in [0, 0.05) is 17.7 Å². The smallest absolute Gasteiger partial charge is 0.226 e. The van der Waals surface area contributed by atoms with Gasteiger partial charge in [0.15, 0.2) is 5.11 Å². The molecule has 3 rings (SSSR count). The second-order valence-corrected chi connectivity index (χ2v) is 10.8.